The van der Waals surface area contributed by atoms with Gasteiger partial charge >= 0.3 is 0 Å². The number of ketones is 1. The fraction of sp³-hybridized carbons (Fsp3) is 0.211. The van der Waals surface area contributed by atoms with Crippen LogP contribution in [0.3, 0.4) is 0 Å². The summed E-state index contributed by atoms with van der Waals surface area (Å²) in [6.07, 6.45) is 0. The number of furan rings is 1. The van der Waals surface area contributed by atoms with Crippen molar-refractivity contribution in [2.75, 3.05) is 0 Å². The van der Waals surface area contributed by atoms with Crippen LogP contribution >= 0.6 is 0 Å². The van der Waals surface area contributed by atoms with Crippen LogP contribution in [0, 0.1) is 6.92 Å². The van der Waals surface area contributed by atoms with E-state index < -0.39 is 5.41 Å². The fourth-order valence-corrected chi connectivity index (χ4v) is 2.57. The van der Waals surface area contributed by atoms with Crippen LogP contribution in [0.25, 0.3) is 11.0 Å². The number of Topliss-reactive ketones (excluding diaryl/α,β-unsaturated/α-hetero) is 1. The third-order valence-corrected chi connectivity index (χ3v) is 3.96. The quantitative estimate of drug-likeness (QED) is 0.638. The normalized spacial score (nSPS) is 11.8. The van der Waals surface area contributed by atoms with Crippen molar-refractivity contribution in [1.82, 2.24) is 0 Å². The summed E-state index contributed by atoms with van der Waals surface area (Å²) in [5.41, 5.74) is 2.30. The molecule has 2 aromatic carbocycles. The van der Waals surface area contributed by atoms with Crippen LogP contribution in [0.4, 0.5) is 0 Å². The molecule has 1 heterocycles. The highest BCUT2D eigenvalue weighted by Gasteiger charge is 2.32. The molecule has 0 aliphatic heterocycles. The Balaban J connectivity index is 2.03. The Morgan fingerprint density at radius 1 is 1.00 bits per heavy atom. The summed E-state index contributed by atoms with van der Waals surface area (Å²) in [7, 11) is 0. The average molecular weight is 278 g/mol. The van der Waals surface area contributed by atoms with Crippen LogP contribution in [0.15, 0.2) is 59.0 Å². The number of carbonyl (C=O) groups is 1. The Bertz CT molecular complexity index is 795. The number of benzene rings is 2. The zero-order chi connectivity index (χ0) is 15.0. The van der Waals surface area contributed by atoms with Crippen molar-refractivity contribution < 1.29 is 9.21 Å². The second-order valence-corrected chi connectivity index (χ2v) is 5.97. The van der Waals surface area contributed by atoms with Crippen LogP contribution < -0.4 is 0 Å². The standard InChI is InChI=1S/C19H18O2/c1-13-9-10-16-14(11-13)12-17(21-16)18(20)19(2,3)15-7-5-4-6-8-15/h4-12H,1-3H3. The van der Waals surface area contributed by atoms with E-state index in [1.54, 1.807) is 0 Å². The van der Waals surface area contributed by atoms with Gasteiger partial charge in [0.15, 0.2) is 5.76 Å². The second kappa shape index (κ2) is 4.88. The maximum Gasteiger partial charge on any atom is 0.207 e. The molecule has 0 fully saturated rings. The van der Waals surface area contributed by atoms with E-state index in [4.69, 9.17) is 4.42 Å². The monoisotopic (exact) mass is 278 g/mol. The Labute approximate surface area is 124 Å². The Hall–Kier alpha value is -2.35. The molecule has 0 N–H and O–H groups in total. The van der Waals surface area contributed by atoms with Gasteiger partial charge in [0.2, 0.25) is 5.78 Å². The summed E-state index contributed by atoms with van der Waals surface area (Å²) in [4.78, 5) is 12.8. The van der Waals surface area contributed by atoms with Gasteiger partial charge in [0, 0.05) is 5.39 Å². The molecule has 0 aliphatic rings. The summed E-state index contributed by atoms with van der Waals surface area (Å²) in [5.74, 6) is 0.423. The summed E-state index contributed by atoms with van der Waals surface area (Å²) >= 11 is 0. The van der Waals surface area contributed by atoms with E-state index in [2.05, 4.69) is 0 Å². The van der Waals surface area contributed by atoms with Crippen molar-refractivity contribution in [2.45, 2.75) is 26.2 Å². The highest BCUT2D eigenvalue weighted by Crippen LogP contribution is 2.30. The average Bonchev–Trinajstić information content (AvgIpc) is 2.90. The summed E-state index contributed by atoms with van der Waals surface area (Å²) in [6, 6.07) is 17.6. The third kappa shape index (κ3) is 2.38. The Morgan fingerprint density at radius 2 is 1.71 bits per heavy atom. The molecule has 3 rings (SSSR count). The molecule has 0 saturated carbocycles. The maximum atomic E-state index is 12.8. The lowest BCUT2D eigenvalue weighted by Crippen LogP contribution is -2.28. The molecule has 2 nitrogen and oxygen atoms in total. The van der Waals surface area contributed by atoms with E-state index >= 15 is 0 Å². The van der Waals surface area contributed by atoms with Crippen LogP contribution in [0.5, 0.6) is 0 Å². The molecule has 0 atom stereocenters. The first-order valence-electron chi connectivity index (χ1n) is 7.09. The van der Waals surface area contributed by atoms with Gasteiger partial charge in [0.25, 0.3) is 0 Å². The largest absolute Gasteiger partial charge is 0.453 e. The molecule has 0 bridgehead atoms. The minimum atomic E-state index is -0.607. The lowest BCUT2D eigenvalue weighted by Gasteiger charge is -2.22. The molecule has 0 saturated heterocycles. The van der Waals surface area contributed by atoms with E-state index in [0.29, 0.717) is 5.76 Å². The zero-order valence-corrected chi connectivity index (χ0v) is 12.5. The van der Waals surface area contributed by atoms with Gasteiger partial charge in [-0.25, -0.2) is 0 Å². The molecule has 0 spiro atoms. The van der Waals surface area contributed by atoms with Gasteiger partial charge in [-0.1, -0.05) is 42.0 Å². The Kier molecular flexibility index (Phi) is 3.17. The van der Waals surface area contributed by atoms with Crippen LogP contribution in [-0.4, -0.2) is 5.78 Å². The van der Waals surface area contributed by atoms with Gasteiger partial charge < -0.3 is 4.42 Å². The number of aryl methyl sites for hydroxylation is 1. The molecular weight excluding hydrogens is 260 g/mol. The van der Waals surface area contributed by atoms with Gasteiger partial charge in [-0.2, -0.15) is 0 Å². The van der Waals surface area contributed by atoms with Crippen LogP contribution in [-0.2, 0) is 5.41 Å². The first kappa shape index (κ1) is 13.6. The van der Waals surface area contributed by atoms with Gasteiger partial charge in [-0.05, 0) is 44.5 Å². The van der Waals surface area contributed by atoms with Crippen molar-refractivity contribution in [2.24, 2.45) is 0 Å². The fourth-order valence-electron chi connectivity index (χ4n) is 2.57. The van der Waals surface area contributed by atoms with Gasteiger partial charge in [0.05, 0.1) is 5.41 Å². The molecule has 21 heavy (non-hydrogen) atoms. The van der Waals surface area contributed by atoms with Gasteiger partial charge in [-0.3, -0.25) is 4.79 Å². The highest BCUT2D eigenvalue weighted by atomic mass is 16.3. The molecule has 0 unspecified atom stereocenters. The topological polar surface area (TPSA) is 30.2 Å². The molecule has 106 valence electrons. The zero-order valence-electron chi connectivity index (χ0n) is 12.5. The first-order valence-corrected chi connectivity index (χ1v) is 7.09. The summed E-state index contributed by atoms with van der Waals surface area (Å²) in [6.45, 7) is 5.90. The molecule has 1 aromatic heterocycles. The van der Waals surface area contributed by atoms with Crippen molar-refractivity contribution in [1.29, 1.82) is 0 Å². The van der Waals surface area contributed by atoms with Gasteiger partial charge in [-0.15, -0.1) is 0 Å². The van der Waals surface area contributed by atoms with Crippen molar-refractivity contribution in [3.63, 3.8) is 0 Å². The number of hydrogen-bond donors (Lipinski definition) is 0. The van der Waals surface area contributed by atoms with Crippen LogP contribution in [0.2, 0.25) is 0 Å². The molecular formula is C19H18O2. The predicted octanol–water partition coefficient (Wildman–Crippen LogP) is 4.90. The van der Waals surface area contributed by atoms with E-state index in [1.807, 2.05) is 75.4 Å². The van der Waals surface area contributed by atoms with E-state index in [9.17, 15) is 4.79 Å². The number of rotatable bonds is 3. The molecule has 3 aromatic rings. The number of fused-ring (bicyclic) bond motifs is 1. The summed E-state index contributed by atoms with van der Waals surface area (Å²) in [5, 5.41) is 0.974. The van der Waals surface area contributed by atoms with E-state index in [-0.39, 0.29) is 5.78 Å². The van der Waals surface area contributed by atoms with E-state index in [1.165, 1.54) is 0 Å². The highest BCUT2D eigenvalue weighted by molar-refractivity contribution is 6.04. The molecule has 0 amide bonds. The maximum absolute atomic E-state index is 12.8. The number of carbonyl (C=O) groups excluding carboxylic acids is 1. The lowest BCUT2D eigenvalue weighted by atomic mass is 9.80. The molecule has 0 aliphatic carbocycles. The summed E-state index contributed by atoms with van der Waals surface area (Å²) < 4.78 is 5.74. The SMILES string of the molecule is Cc1ccc2oc(C(=O)C(C)(C)c3ccccc3)cc2c1. The third-order valence-electron chi connectivity index (χ3n) is 3.96. The lowest BCUT2D eigenvalue weighted by molar-refractivity contribution is 0.0882. The van der Waals surface area contributed by atoms with Crippen molar-refractivity contribution in [3.05, 3.63) is 71.5 Å². The molecule has 0 radical (unpaired) electrons. The van der Waals surface area contributed by atoms with Crippen molar-refractivity contribution >= 4 is 16.8 Å². The first-order chi connectivity index (χ1) is 9.98. The Morgan fingerprint density at radius 3 is 2.43 bits per heavy atom. The van der Waals surface area contributed by atoms with E-state index in [0.717, 1.165) is 22.1 Å². The predicted molar refractivity (Wildman–Crippen MR) is 84.7 cm³/mol. The second-order valence-electron chi connectivity index (χ2n) is 5.97. The van der Waals surface area contributed by atoms with Crippen LogP contribution in [0.1, 0.15) is 35.5 Å². The minimum absolute atomic E-state index is 0.00236. The molecule has 2 heteroatoms. The smallest absolute Gasteiger partial charge is 0.207 e. The van der Waals surface area contributed by atoms with Crippen molar-refractivity contribution in [3.8, 4) is 0 Å². The van der Waals surface area contributed by atoms with Gasteiger partial charge in [0.1, 0.15) is 5.58 Å². The minimum Gasteiger partial charge on any atom is -0.453 e. The number of hydrogen-bond acceptors (Lipinski definition) is 2.